The van der Waals surface area contributed by atoms with E-state index in [-0.39, 0.29) is 12.2 Å². The molecule has 2 heterocycles. The van der Waals surface area contributed by atoms with Gasteiger partial charge in [-0.2, -0.15) is 9.50 Å². The number of aryl methyl sites for hydroxylation is 1. The molecule has 0 fully saturated rings. The summed E-state index contributed by atoms with van der Waals surface area (Å²) >= 11 is 1.56. The third-order valence-electron chi connectivity index (χ3n) is 2.58. The lowest BCUT2D eigenvalue weighted by Crippen LogP contribution is -2.22. The molecular formula is C11H16N4O2S. The third-order valence-corrected chi connectivity index (χ3v) is 3.65. The highest BCUT2D eigenvalue weighted by atomic mass is 32.2. The van der Waals surface area contributed by atoms with Gasteiger partial charge in [0.25, 0.3) is 11.3 Å². The van der Waals surface area contributed by atoms with Gasteiger partial charge in [-0.25, -0.2) is 4.98 Å². The fourth-order valence-corrected chi connectivity index (χ4v) is 2.40. The molecule has 2 N–H and O–H groups in total. The van der Waals surface area contributed by atoms with Gasteiger partial charge in [-0.15, -0.1) is 0 Å². The third kappa shape index (κ3) is 2.41. The number of aromatic amines is 1. The number of thioether (sulfide) groups is 1. The molecule has 0 saturated heterocycles. The highest BCUT2D eigenvalue weighted by Crippen LogP contribution is 2.14. The Bertz CT molecular complexity index is 605. The van der Waals surface area contributed by atoms with E-state index in [1.807, 2.05) is 0 Å². The monoisotopic (exact) mass is 268 g/mol. The molecule has 7 heteroatoms. The predicted molar refractivity (Wildman–Crippen MR) is 70.1 cm³/mol. The molecule has 0 spiro atoms. The Morgan fingerprint density at radius 3 is 2.89 bits per heavy atom. The van der Waals surface area contributed by atoms with E-state index in [1.165, 1.54) is 4.52 Å². The largest absolute Gasteiger partial charge is 0.396 e. The van der Waals surface area contributed by atoms with E-state index in [1.54, 1.807) is 18.7 Å². The molecule has 0 radical (unpaired) electrons. The van der Waals surface area contributed by atoms with Gasteiger partial charge in [-0.3, -0.25) is 9.89 Å². The summed E-state index contributed by atoms with van der Waals surface area (Å²) in [4.78, 5) is 20.7. The minimum absolute atomic E-state index is 0.0601. The van der Waals surface area contributed by atoms with Crippen LogP contribution in [0.2, 0.25) is 0 Å². The van der Waals surface area contributed by atoms with Crippen LogP contribution in [0, 0.1) is 6.92 Å². The summed E-state index contributed by atoms with van der Waals surface area (Å²) in [5.74, 6) is 1.33. The maximum Gasteiger partial charge on any atom is 0.277 e. The molecule has 0 aliphatic carbocycles. The molecule has 2 aromatic heterocycles. The van der Waals surface area contributed by atoms with Crippen LogP contribution in [0.4, 0.5) is 0 Å². The summed E-state index contributed by atoms with van der Waals surface area (Å²) in [5, 5.41) is 12.6. The molecule has 2 rings (SSSR count). The molecule has 0 bridgehead atoms. The van der Waals surface area contributed by atoms with Crippen molar-refractivity contribution in [1.29, 1.82) is 0 Å². The molecule has 6 nitrogen and oxygen atoms in total. The Hall–Kier alpha value is -1.34. The molecule has 98 valence electrons. The summed E-state index contributed by atoms with van der Waals surface area (Å²) in [7, 11) is 0. The van der Waals surface area contributed by atoms with E-state index in [4.69, 9.17) is 5.11 Å². The first-order chi connectivity index (χ1) is 8.67. The number of aliphatic hydroxyl groups is 1. The highest BCUT2D eigenvalue weighted by molar-refractivity contribution is 7.99. The highest BCUT2D eigenvalue weighted by Gasteiger charge is 2.12. The van der Waals surface area contributed by atoms with E-state index in [0.717, 1.165) is 12.2 Å². The molecular weight excluding hydrogens is 252 g/mol. The number of rotatable bonds is 5. The number of hydrogen-bond donors (Lipinski definition) is 2. The zero-order valence-corrected chi connectivity index (χ0v) is 11.3. The lowest BCUT2D eigenvalue weighted by Gasteiger charge is -2.01. The first kappa shape index (κ1) is 13.1. The van der Waals surface area contributed by atoms with Crippen molar-refractivity contribution in [3.05, 3.63) is 21.6 Å². The van der Waals surface area contributed by atoms with Crippen molar-refractivity contribution in [2.45, 2.75) is 31.8 Å². The number of H-pyrrole nitrogens is 1. The predicted octanol–water partition coefficient (Wildman–Crippen LogP) is 0.763. The van der Waals surface area contributed by atoms with Crippen LogP contribution >= 0.6 is 11.8 Å². The van der Waals surface area contributed by atoms with Gasteiger partial charge >= 0.3 is 0 Å². The second kappa shape index (κ2) is 5.53. The van der Waals surface area contributed by atoms with Crippen LogP contribution in [0.15, 0.2) is 9.95 Å². The van der Waals surface area contributed by atoms with E-state index in [9.17, 15) is 4.79 Å². The van der Waals surface area contributed by atoms with Gasteiger partial charge in [0.2, 0.25) is 0 Å². The number of aromatic nitrogens is 4. The lowest BCUT2D eigenvalue weighted by molar-refractivity contribution is 0.298. The normalized spacial score (nSPS) is 11.3. The number of nitrogens with zero attached hydrogens (tertiary/aromatic N) is 3. The van der Waals surface area contributed by atoms with Crippen molar-refractivity contribution >= 4 is 17.5 Å². The zero-order chi connectivity index (χ0) is 13.1. The lowest BCUT2D eigenvalue weighted by atomic mass is 10.2. The van der Waals surface area contributed by atoms with E-state index >= 15 is 0 Å². The maximum absolute atomic E-state index is 12.2. The molecule has 0 aliphatic rings. The van der Waals surface area contributed by atoms with Gasteiger partial charge in [0.15, 0.2) is 5.16 Å². The van der Waals surface area contributed by atoms with E-state index < -0.39 is 0 Å². The molecule has 0 atom stereocenters. The Balaban J connectivity index is 2.49. The second-order valence-electron chi connectivity index (χ2n) is 3.97. The molecule has 0 amide bonds. The SMILES string of the molecule is CCCSc1nc2nc(C)c(CCO)c(=O)n2[nH]1. The summed E-state index contributed by atoms with van der Waals surface area (Å²) in [6.45, 7) is 3.79. The van der Waals surface area contributed by atoms with Crippen molar-refractivity contribution in [3.63, 3.8) is 0 Å². The summed E-state index contributed by atoms with van der Waals surface area (Å²) in [6.07, 6.45) is 1.36. The van der Waals surface area contributed by atoms with Crippen LogP contribution in [-0.4, -0.2) is 37.0 Å². The summed E-state index contributed by atoms with van der Waals surface area (Å²) < 4.78 is 1.34. The van der Waals surface area contributed by atoms with Crippen molar-refractivity contribution in [2.75, 3.05) is 12.4 Å². The minimum atomic E-state index is -0.178. The quantitative estimate of drug-likeness (QED) is 0.782. The van der Waals surface area contributed by atoms with Crippen LogP contribution in [0.3, 0.4) is 0 Å². The van der Waals surface area contributed by atoms with Crippen LogP contribution < -0.4 is 5.56 Å². The van der Waals surface area contributed by atoms with Crippen molar-refractivity contribution in [2.24, 2.45) is 0 Å². The second-order valence-corrected chi connectivity index (χ2v) is 5.05. The van der Waals surface area contributed by atoms with Gasteiger partial charge in [0.1, 0.15) is 0 Å². The van der Waals surface area contributed by atoms with Gasteiger partial charge in [0.05, 0.1) is 5.69 Å². The fraction of sp³-hybridized carbons (Fsp3) is 0.545. The number of nitrogens with one attached hydrogen (secondary N) is 1. The summed E-state index contributed by atoms with van der Waals surface area (Å²) in [6, 6.07) is 0. The number of fused-ring (bicyclic) bond motifs is 1. The molecule has 0 aromatic carbocycles. The molecule has 0 aliphatic heterocycles. The number of aliphatic hydroxyl groups excluding tert-OH is 1. The standard InChI is InChI=1S/C11H16N4O2S/c1-3-6-18-11-13-10-12-7(2)8(4-5-16)9(17)15(10)14-11/h16H,3-6H2,1-2H3,(H,12,13,14). The Labute approximate surface area is 108 Å². The minimum Gasteiger partial charge on any atom is -0.396 e. The van der Waals surface area contributed by atoms with Crippen molar-refractivity contribution in [3.8, 4) is 0 Å². The zero-order valence-electron chi connectivity index (χ0n) is 10.4. The Kier molecular flexibility index (Phi) is 4.03. The number of hydrogen-bond acceptors (Lipinski definition) is 5. The van der Waals surface area contributed by atoms with Crippen LogP contribution in [0.5, 0.6) is 0 Å². The van der Waals surface area contributed by atoms with Gasteiger partial charge in [-0.1, -0.05) is 18.7 Å². The Morgan fingerprint density at radius 1 is 1.44 bits per heavy atom. The maximum atomic E-state index is 12.2. The average molecular weight is 268 g/mol. The van der Waals surface area contributed by atoms with Gasteiger partial charge in [-0.05, 0) is 13.3 Å². The van der Waals surface area contributed by atoms with Gasteiger partial charge in [0, 0.05) is 24.3 Å². The van der Waals surface area contributed by atoms with Crippen molar-refractivity contribution < 1.29 is 5.11 Å². The molecule has 18 heavy (non-hydrogen) atoms. The molecule has 2 aromatic rings. The first-order valence-corrected chi connectivity index (χ1v) is 6.87. The van der Waals surface area contributed by atoms with Crippen molar-refractivity contribution in [1.82, 2.24) is 19.6 Å². The first-order valence-electron chi connectivity index (χ1n) is 5.89. The van der Waals surface area contributed by atoms with Gasteiger partial charge < -0.3 is 5.11 Å². The Morgan fingerprint density at radius 2 is 2.22 bits per heavy atom. The average Bonchev–Trinajstić information content (AvgIpc) is 2.75. The molecule has 0 saturated carbocycles. The van der Waals surface area contributed by atoms with Crippen LogP contribution in [0.1, 0.15) is 24.6 Å². The summed E-state index contributed by atoms with van der Waals surface area (Å²) in [5.41, 5.74) is 0.987. The van der Waals surface area contributed by atoms with E-state index in [2.05, 4.69) is 22.0 Å². The smallest absolute Gasteiger partial charge is 0.277 e. The molecule has 0 unspecified atom stereocenters. The van der Waals surface area contributed by atoms with E-state index in [0.29, 0.717) is 28.6 Å². The van der Waals surface area contributed by atoms with Crippen LogP contribution in [-0.2, 0) is 6.42 Å². The topological polar surface area (TPSA) is 83.3 Å². The fourth-order valence-electron chi connectivity index (χ4n) is 1.70. The van der Waals surface area contributed by atoms with Crippen LogP contribution in [0.25, 0.3) is 5.78 Å².